The second-order valence-corrected chi connectivity index (χ2v) is 7.82. The summed E-state index contributed by atoms with van der Waals surface area (Å²) in [7, 11) is 0. The molecule has 0 radical (unpaired) electrons. The van der Waals surface area contributed by atoms with E-state index in [4.69, 9.17) is 10.3 Å². The Balaban J connectivity index is 1.47. The van der Waals surface area contributed by atoms with E-state index in [1.165, 1.54) is 0 Å². The van der Waals surface area contributed by atoms with Crippen molar-refractivity contribution >= 4 is 29.0 Å². The van der Waals surface area contributed by atoms with Crippen molar-refractivity contribution < 1.29 is 9.32 Å². The maximum atomic E-state index is 12.3. The molecule has 1 aliphatic heterocycles. The maximum absolute atomic E-state index is 12.3. The largest absolute Gasteiger partial charge is 0.355 e. The minimum Gasteiger partial charge on any atom is -0.355 e. The zero-order valence-electron chi connectivity index (χ0n) is 13.1. The van der Waals surface area contributed by atoms with E-state index >= 15 is 0 Å². The number of carbonyl (C=O) groups is 1. The molecule has 2 N–H and O–H groups in total. The Bertz CT molecular complexity index is 642. The molecule has 2 aromatic rings. The highest BCUT2D eigenvalue weighted by Crippen LogP contribution is 2.27. The maximum Gasteiger partial charge on any atom is 0.232 e. The van der Waals surface area contributed by atoms with Crippen molar-refractivity contribution in [1.29, 1.82) is 0 Å². The highest BCUT2D eigenvalue weighted by Gasteiger charge is 2.31. The molecule has 1 saturated heterocycles. The average molecular weight is 351 g/mol. The number of carbonyl (C=O) groups excluding carboxylic acids is 1. The normalized spacial score (nSPS) is 21.0. The summed E-state index contributed by atoms with van der Waals surface area (Å²) < 4.78 is 5.35. The van der Waals surface area contributed by atoms with Crippen molar-refractivity contribution in [2.75, 3.05) is 18.8 Å². The molecule has 2 atom stereocenters. The van der Waals surface area contributed by atoms with Gasteiger partial charge in [0.15, 0.2) is 5.76 Å². The van der Waals surface area contributed by atoms with Gasteiger partial charge >= 0.3 is 0 Å². The molecule has 0 saturated carbocycles. The fourth-order valence-corrected chi connectivity index (χ4v) is 4.36. The van der Waals surface area contributed by atoms with Gasteiger partial charge in [0.05, 0.1) is 16.3 Å². The van der Waals surface area contributed by atoms with Gasteiger partial charge in [-0.1, -0.05) is 11.2 Å². The highest BCUT2D eigenvalue weighted by atomic mass is 32.2. The van der Waals surface area contributed by atoms with Gasteiger partial charge in [0.1, 0.15) is 0 Å². The number of aromatic nitrogens is 1. The molecule has 5 nitrogen and oxygen atoms in total. The summed E-state index contributed by atoms with van der Waals surface area (Å²) in [6, 6.07) is 6.25. The van der Waals surface area contributed by atoms with E-state index in [0.29, 0.717) is 30.0 Å². The predicted molar refractivity (Wildman–Crippen MR) is 94.3 cm³/mol. The predicted octanol–water partition coefficient (Wildman–Crippen LogP) is 2.83. The van der Waals surface area contributed by atoms with Crippen molar-refractivity contribution in [2.45, 2.75) is 25.1 Å². The molecule has 0 aromatic carbocycles. The van der Waals surface area contributed by atoms with Crippen LogP contribution in [0.3, 0.4) is 0 Å². The van der Waals surface area contributed by atoms with Crippen LogP contribution >= 0.6 is 23.1 Å². The summed E-state index contributed by atoms with van der Waals surface area (Å²) in [5.74, 6) is 2.59. The fourth-order valence-electron chi connectivity index (χ4n) is 2.90. The summed E-state index contributed by atoms with van der Waals surface area (Å²) in [4.78, 5) is 15.4. The number of rotatable bonds is 6. The zero-order valence-corrected chi connectivity index (χ0v) is 14.7. The molecule has 3 heterocycles. The van der Waals surface area contributed by atoms with Crippen LogP contribution in [0, 0.1) is 5.92 Å². The number of likely N-dealkylation sites (tertiary alicyclic amines) is 1. The van der Waals surface area contributed by atoms with E-state index in [0.717, 1.165) is 29.3 Å². The van der Waals surface area contributed by atoms with E-state index in [1.807, 2.05) is 28.5 Å². The molecule has 3 rings (SSSR count). The summed E-state index contributed by atoms with van der Waals surface area (Å²) in [5.41, 5.74) is 6.59. The van der Waals surface area contributed by atoms with Gasteiger partial charge in [-0.25, -0.2) is 0 Å². The third kappa shape index (κ3) is 3.97. The Morgan fingerprint density at radius 1 is 1.61 bits per heavy atom. The van der Waals surface area contributed by atoms with Crippen LogP contribution in [0.15, 0.2) is 28.1 Å². The first-order valence-electron chi connectivity index (χ1n) is 7.74. The number of nitrogens with zero attached hydrogens (tertiary/aromatic N) is 2. The van der Waals surface area contributed by atoms with E-state index in [9.17, 15) is 4.79 Å². The first kappa shape index (κ1) is 16.5. The molecule has 23 heavy (non-hydrogen) atoms. The van der Waals surface area contributed by atoms with Crippen molar-refractivity contribution in [3.63, 3.8) is 0 Å². The quantitative estimate of drug-likeness (QED) is 0.866. The lowest BCUT2D eigenvalue weighted by Gasteiger charge is -2.21. The highest BCUT2D eigenvalue weighted by molar-refractivity contribution is 7.99. The van der Waals surface area contributed by atoms with Crippen LogP contribution in [0.2, 0.25) is 0 Å². The van der Waals surface area contributed by atoms with Crippen LogP contribution in [0.4, 0.5) is 0 Å². The monoisotopic (exact) mass is 351 g/mol. The number of hydrogen-bond donors (Lipinski definition) is 1. The molecule has 0 bridgehead atoms. The van der Waals surface area contributed by atoms with Crippen LogP contribution < -0.4 is 5.73 Å². The van der Waals surface area contributed by atoms with Gasteiger partial charge in [-0.3, -0.25) is 4.79 Å². The molecule has 2 unspecified atom stereocenters. The number of thiophene rings is 1. The lowest BCUT2D eigenvalue weighted by molar-refractivity contribution is -0.128. The first-order chi connectivity index (χ1) is 11.2. The summed E-state index contributed by atoms with van der Waals surface area (Å²) in [6.45, 7) is 3.55. The minimum atomic E-state index is 0.195. The first-order valence-corrected chi connectivity index (χ1v) is 9.77. The second-order valence-electron chi connectivity index (χ2n) is 5.89. The summed E-state index contributed by atoms with van der Waals surface area (Å²) in [6.07, 6.45) is 1.01. The fraction of sp³-hybridized carbons (Fsp3) is 0.500. The van der Waals surface area contributed by atoms with Gasteiger partial charge in [-0.05, 0) is 37.3 Å². The van der Waals surface area contributed by atoms with Gasteiger partial charge < -0.3 is 15.2 Å². The Kier molecular flexibility index (Phi) is 5.40. The summed E-state index contributed by atoms with van der Waals surface area (Å²) >= 11 is 3.21. The van der Waals surface area contributed by atoms with Crippen molar-refractivity contribution in [3.8, 4) is 10.6 Å². The van der Waals surface area contributed by atoms with Gasteiger partial charge in [-0.15, -0.1) is 23.1 Å². The smallest absolute Gasteiger partial charge is 0.232 e. The van der Waals surface area contributed by atoms with Crippen LogP contribution in [-0.4, -0.2) is 40.8 Å². The Labute approximate surface area is 144 Å². The van der Waals surface area contributed by atoms with Crippen molar-refractivity contribution in [3.05, 3.63) is 29.3 Å². The Morgan fingerprint density at radius 2 is 2.48 bits per heavy atom. The van der Waals surface area contributed by atoms with E-state index in [1.54, 1.807) is 23.1 Å². The van der Waals surface area contributed by atoms with Gasteiger partial charge in [-0.2, -0.15) is 0 Å². The summed E-state index contributed by atoms with van der Waals surface area (Å²) in [5, 5.41) is 6.09. The SMILES string of the molecule is CC1CC(CN)CN1C(=O)CSCc1cc(-c2cccs2)on1. The number of nitrogens with two attached hydrogens (primary N) is 1. The van der Waals surface area contributed by atoms with E-state index in [2.05, 4.69) is 12.1 Å². The number of hydrogen-bond acceptors (Lipinski definition) is 6. The van der Waals surface area contributed by atoms with Gasteiger partial charge in [0, 0.05) is 24.4 Å². The number of thioether (sulfide) groups is 1. The molecular weight excluding hydrogens is 330 g/mol. The second kappa shape index (κ2) is 7.51. The standard InChI is InChI=1S/C16H21N3O2S2/c1-11-5-12(7-17)8-19(11)16(20)10-22-9-13-6-14(21-18-13)15-3-2-4-23-15/h2-4,6,11-12H,5,7-10,17H2,1H3. The molecule has 1 amide bonds. The topological polar surface area (TPSA) is 72.4 Å². The molecule has 1 aliphatic rings. The molecular formula is C16H21N3O2S2. The van der Waals surface area contributed by atoms with E-state index < -0.39 is 0 Å². The lowest BCUT2D eigenvalue weighted by atomic mass is 10.1. The zero-order chi connectivity index (χ0) is 16.2. The van der Waals surface area contributed by atoms with Crippen LogP contribution in [0.5, 0.6) is 0 Å². The molecule has 7 heteroatoms. The molecule has 0 spiro atoms. The molecule has 1 fully saturated rings. The average Bonchev–Trinajstić information content (AvgIpc) is 3.26. The molecule has 2 aromatic heterocycles. The van der Waals surface area contributed by atoms with Crippen LogP contribution in [-0.2, 0) is 10.5 Å². The lowest BCUT2D eigenvalue weighted by Crippen LogP contribution is -2.35. The van der Waals surface area contributed by atoms with E-state index in [-0.39, 0.29) is 5.91 Å². The van der Waals surface area contributed by atoms with Crippen LogP contribution in [0.25, 0.3) is 10.6 Å². The Morgan fingerprint density at radius 3 is 3.17 bits per heavy atom. The van der Waals surface area contributed by atoms with Gasteiger partial charge in [0.2, 0.25) is 5.91 Å². The van der Waals surface area contributed by atoms with Crippen LogP contribution in [0.1, 0.15) is 19.0 Å². The third-order valence-corrected chi connectivity index (χ3v) is 5.95. The minimum absolute atomic E-state index is 0.195. The molecule has 0 aliphatic carbocycles. The van der Waals surface area contributed by atoms with Gasteiger partial charge in [0.25, 0.3) is 0 Å². The van der Waals surface area contributed by atoms with Crippen molar-refractivity contribution in [1.82, 2.24) is 10.1 Å². The number of amides is 1. The van der Waals surface area contributed by atoms with Crippen molar-refractivity contribution in [2.24, 2.45) is 11.7 Å². The third-order valence-electron chi connectivity index (χ3n) is 4.11. The Hall–Kier alpha value is -1.31. The molecule has 124 valence electrons.